The van der Waals surface area contributed by atoms with E-state index in [0.29, 0.717) is 11.8 Å². The van der Waals surface area contributed by atoms with E-state index in [9.17, 15) is 14.4 Å². The number of pyridine rings is 1. The van der Waals surface area contributed by atoms with Crippen molar-refractivity contribution >= 4 is 22.7 Å². The highest BCUT2D eigenvalue weighted by Crippen LogP contribution is 2.27. The summed E-state index contributed by atoms with van der Waals surface area (Å²) in [5.74, 6) is -0.998. The Kier molecular flexibility index (Phi) is 3.62. The van der Waals surface area contributed by atoms with Crippen molar-refractivity contribution in [3.05, 3.63) is 81.1 Å². The maximum Gasteiger partial charge on any atom is 0.260 e. The Morgan fingerprint density at radius 1 is 1.00 bits per heavy atom. The summed E-state index contributed by atoms with van der Waals surface area (Å²) in [7, 11) is 0. The SMILES string of the molecule is NC(=O)[C@@H]1Cc2ccccc2CN1C(=O)c1cn2c3c(cccc3c1=O)CC2. The normalized spacial score (nSPS) is 17.6. The summed E-state index contributed by atoms with van der Waals surface area (Å²) < 4.78 is 1.97. The van der Waals surface area contributed by atoms with Crippen LogP contribution >= 0.6 is 0 Å². The highest BCUT2D eigenvalue weighted by molar-refractivity contribution is 6.00. The smallest absolute Gasteiger partial charge is 0.260 e. The van der Waals surface area contributed by atoms with Crippen LogP contribution in [0.1, 0.15) is 27.0 Å². The van der Waals surface area contributed by atoms with Crippen LogP contribution in [0.4, 0.5) is 0 Å². The molecular weight excluding hydrogens is 354 g/mol. The van der Waals surface area contributed by atoms with Crippen molar-refractivity contribution in [2.45, 2.75) is 32.0 Å². The van der Waals surface area contributed by atoms with E-state index in [1.165, 1.54) is 4.90 Å². The first kappa shape index (κ1) is 16.7. The molecule has 3 aromatic rings. The molecule has 0 bridgehead atoms. The van der Waals surface area contributed by atoms with Gasteiger partial charge in [-0.1, -0.05) is 36.4 Å². The Morgan fingerprint density at radius 3 is 2.54 bits per heavy atom. The van der Waals surface area contributed by atoms with Gasteiger partial charge in [-0.25, -0.2) is 0 Å². The van der Waals surface area contributed by atoms with E-state index in [1.54, 1.807) is 12.3 Å². The van der Waals surface area contributed by atoms with Gasteiger partial charge < -0.3 is 15.2 Å². The second-order valence-electron chi connectivity index (χ2n) is 7.45. The first-order chi connectivity index (χ1) is 13.5. The van der Waals surface area contributed by atoms with Crippen LogP contribution in [0.15, 0.2) is 53.5 Å². The lowest BCUT2D eigenvalue weighted by Crippen LogP contribution is -2.52. The summed E-state index contributed by atoms with van der Waals surface area (Å²) in [6.45, 7) is 0.999. The molecule has 6 nitrogen and oxygen atoms in total. The van der Waals surface area contributed by atoms with Crippen LogP contribution in [0.2, 0.25) is 0 Å². The Morgan fingerprint density at radius 2 is 1.75 bits per heavy atom. The fraction of sp³-hybridized carbons (Fsp3) is 0.227. The minimum absolute atomic E-state index is 0.0946. The van der Waals surface area contributed by atoms with Crippen LogP contribution in [-0.4, -0.2) is 27.3 Å². The molecule has 140 valence electrons. The van der Waals surface area contributed by atoms with Crippen LogP contribution in [0.25, 0.3) is 10.9 Å². The molecule has 2 N–H and O–H groups in total. The van der Waals surface area contributed by atoms with Gasteiger partial charge in [0.2, 0.25) is 11.3 Å². The molecule has 2 aliphatic heterocycles. The van der Waals surface area contributed by atoms with Crippen LogP contribution in [0, 0.1) is 0 Å². The zero-order valence-electron chi connectivity index (χ0n) is 15.2. The Labute approximate surface area is 161 Å². The van der Waals surface area contributed by atoms with Crippen LogP contribution < -0.4 is 11.2 Å². The van der Waals surface area contributed by atoms with Gasteiger partial charge in [0, 0.05) is 31.1 Å². The van der Waals surface area contributed by atoms with Crippen LogP contribution in [0.3, 0.4) is 0 Å². The van der Waals surface area contributed by atoms with Crippen molar-refractivity contribution in [3.8, 4) is 0 Å². The summed E-state index contributed by atoms with van der Waals surface area (Å²) in [6.07, 6.45) is 2.85. The van der Waals surface area contributed by atoms with Gasteiger partial charge in [-0.05, 0) is 29.2 Å². The fourth-order valence-corrected chi connectivity index (χ4v) is 4.45. The number of hydrogen-bond donors (Lipinski definition) is 1. The first-order valence-electron chi connectivity index (χ1n) is 9.36. The molecule has 6 heteroatoms. The van der Waals surface area contributed by atoms with Gasteiger partial charge in [0.05, 0.1) is 5.52 Å². The average molecular weight is 373 g/mol. The van der Waals surface area contributed by atoms with Gasteiger partial charge in [0.1, 0.15) is 11.6 Å². The van der Waals surface area contributed by atoms with Gasteiger partial charge in [0.15, 0.2) is 0 Å². The second-order valence-corrected chi connectivity index (χ2v) is 7.45. The number of rotatable bonds is 2. The van der Waals surface area contributed by atoms with E-state index in [-0.39, 0.29) is 17.5 Å². The Balaban J connectivity index is 1.63. The van der Waals surface area contributed by atoms with E-state index in [1.807, 2.05) is 41.0 Å². The van der Waals surface area contributed by atoms with Gasteiger partial charge in [-0.15, -0.1) is 0 Å². The van der Waals surface area contributed by atoms with Crippen molar-refractivity contribution in [2.24, 2.45) is 5.73 Å². The monoisotopic (exact) mass is 373 g/mol. The third-order valence-electron chi connectivity index (χ3n) is 5.87. The molecule has 0 unspecified atom stereocenters. The molecule has 0 spiro atoms. The van der Waals surface area contributed by atoms with Crippen molar-refractivity contribution in [1.29, 1.82) is 0 Å². The number of nitrogens with two attached hydrogens (primary N) is 1. The number of aryl methyl sites for hydroxylation is 2. The Hall–Kier alpha value is -3.41. The van der Waals surface area contributed by atoms with E-state index >= 15 is 0 Å². The molecule has 3 heterocycles. The number of primary amides is 1. The van der Waals surface area contributed by atoms with Crippen LogP contribution in [-0.2, 0) is 30.7 Å². The Bertz CT molecular complexity index is 1210. The predicted molar refractivity (Wildman–Crippen MR) is 105 cm³/mol. The summed E-state index contributed by atoms with van der Waals surface area (Å²) in [4.78, 5) is 40.0. The molecule has 0 saturated heterocycles. The van der Waals surface area contributed by atoms with E-state index in [4.69, 9.17) is 5.73 Å². The summed E-state index contributed by atoms with van der Waals surface area (Å²) in [5, 5.41) is 0.550. The highest BCUT2D eigenvalue weighted by atomic mass is 16.2. The number of para-hydroxylation sites is 1. The summed E-state index contributed by atoms with van der Waals surface area (Å²) in [6, 6.07) is 12.6. The summed E-state index contributed by atoms with van der Waals surface area (Å²) in [5.41, 5.74) is 9.42. The maximum atomic E-state index is 13.4. The number of nitrogens with zero attached hydrogens (tertiary/aromatic N) is 2. The quantitative estimate of drug-likeness (QED) is 0.741. The molecule has 5 rings (SSSR count). The van der Waals surface area contributed by atoms with Gasteiger partial charge >= 0.3 is 0 Å². The van der Waals surface area contributed by atoms with Gasteiger partial charge in [-0.3, -0.25) is 14.4 Å². The average Bonchev–Trinajstić information content (AvgIpc) is 3.13. The molecule has 0 saturated carbocycles. The topological polar surface area (TPSA) is 85.4 Å². The number of hydrogen-bond acceptors (Lipinski definition) is 3. The maximum absolute atomic E-state index is 13.4. The molecule has 2 amide bonds. The predicted octanol–water partition coefficient (Wildman–Crippen LogP) is 1.61. The third-order valence-corrected chi connectivity index (χ3v) is 5.87. The van der Waals surface area contributed by atoms with Gasteiger partial charge in [-0.2, -0.15) is 0 Å². The first-order valence-corrected chi connectivity index (χ1v) is 9.36. The fourth-order valence-electron chi connectivity index (χ4n) is 4.45. The number of benzene rings is 2. The summed E-state index contributed by atoms with van der Waals surface area (Å²) >= 11 is 0. The number of fused-ring (bicyclic) bond motifs is 1. The number of carbonyl (C=O) groups excluding carboxylic acids is 2. The molecule has 0 aliphatic carbocycles. The number of carbonyl (C=O) groups is 2. The lowest BCUT2D eigenvalue weighted by Gasteiger charge is -2.35. The minimum Gasteiger partial charge on any atom is -0.368 e. The molecule has 1 atom stereocenters. The third kappa shape index (κ3) is 2.37. The van der Waals surface area contributed by atoms with Crippen molar-refractivity contribution < 1.29 is 9.59 Å². The number of amides is 2. The van der Waals surface area contributed by atoms with E-state index in [0.717, 1.165) is 35.2 Å². The van der Waals surface area contributed by atoms with Crippen molar-refractivity contribution in [3.63, 3.8) is 0 Å². The standard InChI is InChI=1S/C22H19N3O3/c23-21(27)18-10-14-4-1-2-5-15(14)11-25(18)22(28)17-12-24-9-8-13-6-3-7-16(19(13)24)20(17)26/h1-7,12,18H,8-11H2,(H2,23,27)/t18-/m0/s1. The molecular formula is C22H19N3O3. The van der Waals surface area contributed by atoms with E-state index < -0.39 is 17.9 Å². The number of aromatic nitrogens is 1. The molecule has 28 heavy (non-hydrogen) atoms. The molecule has 0 fully saturated rings. The minimum atomic E-state index is -0.762. The molecule has 1 aromatic heterocycles. The molecule has 2 aromatic carbocycles. The second kappa shape index (κ2) is 6.05. The largest absolute Gasteiger partial charge is 0.368 e. The van der Waals surface area contributed by atoms with Crippen molar-refractivity contribution in [2.75, 3.05) is 0 Å². The lowest BCUT2D eigenvalue weighted by molar-refractivity contribution is -0.122. The molecule has 2 aliphatic rings. The van der Waals surface area contributed by atoms with Crippen molar-refractivity contribution in [1.82, 2.24) is 9.47 Å². The highest BCUT2D eigenvalue weighted by Gasteiger charge is 2.35. The molecule has 0 radical (unpaired) electrons. The zero-order chi connectivity index (χ0) is 19.4. The lowest BCUT2D eigenvalue weighted by atomic mass is 9.93. The van der Waals surface area contributed by atoms with E-state index in [2.05, 4.69) is 0 Å². The van der Waals surface area contributed by atoms with Gasteiger partial charge in [0.25, 0.3) is 5.91 Å². The van der Waals surface area contributed by atoms with Crippen LogP contribution in [0.5, 0.6) is 0 Å². The zero-order valence-corrected chi connectivity index (χ0v) is 15.2.